The molecule has 106 valence electrons. The van der Waals surface area contributed by atoms with E-state index in [4.69, 9.17) is 4.74 Å². The average Bonchev–Trinajstić information content (AvgIpc) is 2.85. The zero-order chi connectivity index (χ0) is 14.5. The van der Waals surface area contributed by atoms with Crippen LogP contribution < -0.4 is 15.4 Å². The van der Waals surface area contributed by atoms with Gasteiger partial charge in [-0.15, -0.1) is 11.3 Å². The zero-order valence-electron chi connectivity index (χ0n) is 11.6. The lowest BCUT2D eigenvalue weighted by Crippen LogP contribution is -2.31. The fourth-order valence-electron chi connectivity index (χ4n) is 1.63. The molecule has 0 aliphatic carbocycles. The van der Waals surface area contributed by atoms with Crippen molar-refractivity contribution in [2.24, 2.45) is 0 Å². The minimum atomic E-state index is -0.354. The number of hydrogen-bond acceptors (Lipinski definition) is 5. The summed E-state index contributed by atoms with van der Waals surface area (Å²) < 4.78 is 5.09. The van der Waals surface area contributed by atoms with E-state index >= 15 is 0 Å². The number of carbonyl (C=O) groups excluding carboxylic acids is 1. The van der Waals surface area contributed by atoms with Gasteiger partial charge in [0.1, 0.15) is 11.8 Å². The number of nitrogens with one attached hydrogen (secondary N) is 2. The second kappa shape index (κ2) is 6.38. The van der Waals surface area contributed by atoms with Crippen LogP contribution in [0.5, 0.6) is 5.75 Å². The van der Waals surface area contributed by atoms with Gasteiger partial charge in [-0.05, 0) is 38.1 Å². The van der Waals surface area contributed by atoms with Crippen molar-refractivity contribution in [3.8, 4) is 5.75 Å². The number of ether oxygens (including phenoxy) is 1. The second-order valence-electron chi connectivity index (χ2n) is 4.38. The highest BCUT2D eigenvalue weighted by atomic mass is 32.1. The third-order valence-electron chi connectivity index (χ3n) is 2.72. The maximum Gasteiger partial charge on any atom is 0.248 e. The van der Waals surface area contributed by atoms with Crippen LogP contribution in [0, 0.1) is 6.92 Å². The van der Waals surface area contributed by atoms with Crippen LogP contribution in [0.3, 0.4) is 0 Å². The summed E-state index contributed by atoms with van der Waals surface area (Å²) in [6.45, 7) is 3.70. The van der Waals surface area contributed by atoms with Gasteiger partial charge in [0.25, 0.3) is 0 Å². The molecule has 1 atom stereocenters. The van der Waals surface area contributed by atoms with Crippen molar-refractivity contribution in [2.45, 2.75) is 19.9 Å². The molecule has 1 heterocycles. The highest BCUT2D eigenvalue weighted by Gasteiger charge is 2.14. The Bertz CT molecular complexity index is 580. The number of nitrogens with zero attached hydrogens (tertiary/aromatic N) is 1. The molecule has 20 heavy (non-hydrogen) atoms. The third kappa shape index (κ3) is 3.71. The van der Waals surface area contributed by atoms with E-state index < -0.39 is 0 Å². The van der Waals surface area contributed by atoms with Gasteiger partial charge in [0.15, 0.2) is 5.13 Å². The van der Waals surface area contributed by atoms with Crippen molar-refractivity contribution in [3.63, 3.8) is 0 Å². The molecule has 0 saturated carbocycles. The first-order valence-corrected chi connectivity index (χ1v) is 7.10. The zero-order valence-corrected chi connectivity index (χ0v) is 12.5. The molecule has 0 saturated heterocycles. The van der Waals surface area contributed by atoms with E-state index in [0.29, 0.717) is 5.13 Å². The molecular weight excluding hydrogens is 274 g/mol. The molecule has 1 aromatic heterocycles. The van der Waals surface area contributed by atoms with Gasteiger partial charge in [0, 0.05) is 11.1 Å². The summed E-state index contributed by atoms with van der Waals surface area (Å²) >= 11 is 1.42. The molecular formula is C14H17N3O2S. The molecule has 2 rings (SSSR count). The Kier molecular flexibility index (Phi) is 4.57. The summed E-state index contributed by atoms with van der Waals surface area (Å²) in [5.41, 5.74) is 1.77. The molecule has 2 N–H and O–H groups in total. The minimum absolute atomic E-state index is 0.116. The number of amides is 1. The lowest BCUT2D eigenvalue weighted by molar-refractivity contribution is -0.116. The van der Waals surface area contributed by atoms with E-state index in [1.807, 2.05) is 36.6 Å². The van der Waals surface area contributed by atoms with E-state index in [0.717, 1.165) is 17.1 Å². The molecule has 2 aromatic rings. The van der Waals surface area contributed by atoms with E-state index in [1.54, 1.807) is 14.0 Å². The molecule has 0 spiro atoms. The summed E-state index contributed by atoms with van der Waals surface area (Å²) in [7, 11) is 1.62. The van der Waals surface area contributed by atoms with Crippen LogP contribution in [-0.2, 0) is 4.79 Å². The fraction of sp³-hybridized carbons (Fsp3) is 0.286. The van der Waals surface area contributed by atoms with E-state index in [1.165, 1.54) is 11.3 Å². The maximum atomic E-state index is 12.0. The van der Waals surface area contributed by atoms with Crippen molar-refractivity contribution < 1.29 is 9.53 Å². The highest BCUT2D eigenvalue weighted by molar-refractivity contribution is 7.13. The topological polar surface area (TPSA) is 63.2 Å². The average molecular weight is 291 g/mol. The molecule has 0 radical (unpaired) electrons. The van der Waals surface area contributed by atoms with E-state index in [9.17, 15) is 4.79 Å². The molecule has 0 aliphatic rings. The molecule has 0 aliphatic heterocycles. The Balaban J connectivity index is 1.92. The van der Waals surface area contributed by atoms with Crippen LogP contribution >= 0.6 is 11.3 Å². The van der Waals surface area contributed by atoms with Gasteiger partial charge in [-0.3, -0.25) is 4.79 Å². The lowest BCUT2D eigenvalue weighted by atomic mass is 10.2. The van der Waals surface area contributed by atoms with Crippen LogP contribution in [0.25, 0.3) is 0 Å². The molecule has 1 aromatic carbocycles. The number of rotatable bonds is 5. The van der Waals surface area contributed by atoms with Gasteiger partial charge in [-0.25, -0.2) is 4.98 Å². The number of methoxy groups -OCH3 is 1. The number of aromatic nitrogens is 1. The molecule has 1 amide bonds. The van der Waals surface area contributed by atoms with Gasteiger partial charge in [-0.2, -0.15) is 0 Å². The number of carbonyl (C=O) groups is 1. The van der Waals surface area contributed by atoms with Gasteiger partial charge in [0.05, 0.1) is 12.8 Å². The van der Waals surface area contributed by atoms with Crippen LogP contribution in [0.1, 0.15) is 12.6 Å². The number of benzene rings is 1. The Hall–Kier alpha value is -2.08. The maximum absolute atomic E-state index is 12.0. The van der Waals surface area contributed by atoms with Crippen molar-refractivity contribution in [3.05, 3.63) is 35.3 Å². The van der Waals surface area contributed by atoms with Crippen LogP contribution in [0.15, 0.2) is 29.6 Å². The first-order valence-electron chi connectivity index (χ1n) is 6.22. The standard InChI is InChI=1S/C14H17N3O2S/c1-9-8-20-14(15-9)17-13(18)10(2)16-11-4-6-12(19-3)7-5-11/h4-8,10,16H,1-3H3,(H,15,17,18)/t10-/m1/s1. The Morgan fingerprint density at radius 3 is 2.60 bits per heavy atom. The quantitative estimate of drug-likeness (QED) is 0.889. The lowest BCUT2D eigenvalue weighted by Gasteiger charge is -2.14. The van der Waals surface area contributed by atoms with Gasteiger partial charge in [0.2, 0.25) is 5.91 Å². The van der Waals surface area contributed by atoms with Crippen LogP contribution in [0.2, 0.25) is 0 Å². The normalized spacial score (nSPS) is 11.8. The van der Waals surface area contributed by atoms with Crippen LogP contribution in [-0.4, -0.2) is 24.0 Å². The summed E-state index contributed by atoms with van der Waals surface area (Å²) in [5, 5.41) is 8.44. The highest BCUT2D eigenvalue weighted by Crippen LogP contribution is 2.17. The summed E-state index contributed by atoms with van der Waals surface area (Å²) in [6, 6.07) is 7.08. The Morgan fingerprint density at radius 2 is 2.05 bits per heavy atom. The second-order valence-corrected chi connectivity index (χ2v) is 5.24. The largest absolute Gasteiger partial charge is 0.497 e. The number of aryl methyl sites for hydroxylation is 1. The van der Waals surface area contributed by atoms with Crippen LogP contribution in [0.4, 0.5) is 10.8 Å². The molecule has 5 nitrogen and oxygen atoms in total. The van der Waals surface area contributed by atoms with Crippen molar-refractivity contribution >= 4 is 28.1 Å². The van der Waals surface area contributed by atoms with Gasteiger partial charge < -0.3 is 15.4 Å². The van der Waals surface area contributed by atoms with E-state index in [2.05, 4.69) is 15.6 Å². The SMILES string of the molecule is COc1ccc(N[C@H](C)C(=O)Nc2nc(C)cs2)cc1. The first kappa shape index (κ1) is 14.3. The van der Waals surface area contributed by atoms with Crippen molar-refractivity contribution in [1.82, 2.24) is 4.98 Å². The summed E-state index contributed by atoms with van der Waals surface area (Å²) in [4.78, 5) is 16.2. The molecule has 0 bridgehead atoms. The molecule has 0 fully saturated rings. The van der Waals surface area contributed by atoms with Gasteiger partial charge in [-0.1, -0.05) is 0 Å². The number of hydrogen-bond donors (Lipinski definition) is 2. The smallest absolute Gasteiger partial charge is 0.248 e. The Morgan fingerprint density at radius 1 is 1.35 bits per heavy atom. The van der Waals surface area contributed by atoms with Gasteiger partial charge >= 0.3 is 0 Å². The predicted octanol–water partition coefficient (Wildman–Crippen LogP) is 2.90. The first-order chi connectivity index (χ1) is 9.58. The summed E-state index contributed by atoms with van der Waals surface area (Å²) in [6.07, 6.45) is 0. The fourth-order valence-corrected chi connectivity index (χ4v) is 2.32. The van der Waals surface area contributed by atoms with Crippen molar-refractivity contribution in [2.75, 3.05) is 17.7 Å². The molecule has 0 unspecified atom stereocenters. The van der Waals surface area contributed by atoms with E-state index in [-0.39, 0.29) is 11.9 Å². The third-order valence-corrected chi connectivity index (χ3v) is 3.59. The monoisotopic (exact) mass is 291 g/mol. The predicted molar refractivity (Wildman–Crippen MR) is 81.6 cm³/mol. The number of thiazole rings is 1. The molecule has 6 heteroatoms. The summed E-state index contributed by atoms with van der Waals surface area (Å²) in [5.74, 6) is 0.668. The van der Waals surface area contributed by atoms with Crippen molar-refractivity contribution in [1.29, 1.82) is 0 Å². The minimum Gasteiger partial charge on any atom is -0.497 e. The Labute approximate surface area is 122 Å². The number of anilines is 2.